The zero-order chi connectivity index (χ0) is 15.8. The maximum absolute atomic E-state index is 12.3. The molecule has 1 aliphatic carbocycles. The number of hydrogen-bond acceptors (Lipinski definition) is 3. The maximum atomic E-state index is 12.3. The van der Waals surface area contributed by atoms with Crippen LogP contribution in [0.2, 0.25) is 0 Å². The first kappa shape index (κ1) is 16.5. The molecule has 0 spiro atoms. The van der Waals surface area contributed by atoms with Crippen LogP contribution in [0.3, 0.4) is 0 Å². The standard InChI is InChI=1S/C14H16Cl2N2O2S/c1-13(8-14(13,15)16)11(19)17-9-6-4-5-7-10(9)21-12(20)18(2)3/h4-7H,8H2,1-3H3,(H,17,19)/t13-/m1/s1. The maximum Gasteiger partial charge on any atom is 0.286 e. The minimum atomic E-state index is -1.02. The fourth-order valence-corrected chi connectivity index (χ4v) is 3.20. The van der Waals surface area contributed by atoms with Crippen molar-refractivity contribution in [2.45, 2.75) is 22.6 Å². The molecular formula is C14H16Cl2N2O2S. The molecule has 0 unspecified atom stereocenters. The Kier molecular flexibility index (Phi) is 4.47. The summed E-state index contributed by atoms with van der Waals surface area (Å²) < 4.78 is -1.02. The van der Waals surface area contributed by atoms with Gasteiger partial charge in [-0.05, 0) is 37.2 Å². The summed E-state index contributed by atoms with van der Waals surface area (Å²) in [6.45, 7) is 1.73. The van der Waals surface area contributed by atoms with Crippen molar-refractivity contribution in [3.05, 3.63) is 24.3 Å². The molecule has 1 aromatic carbocycles. The van der Waals surface area contributed by atoms with E-state index >= 15 is 0 Å². The van der Waals surface area contributed by atoms with Crippen LogP contribution in [0.4, 0.5) is 10.5 Å². The minimum Gasteiger partial charge on any atom is -0.339 e. The first-order chi connectivity index (χ1) is 9.67. The van der Waals surface area contributed by atoms with Gasteiger partial charge in [-0.1, -0.05) is 12.1 Å². The van der Waals surface area contributed by atoms with Crippen molar-refractivity contribution in [1.29, 1.82) is 0 Å². The lowest BCUT2D eigenvalue weighted by atomic mass is 10.1. The second kappa shape index (κ2) is 5.71. The number of thioether (sulfide) groups is 1. The van der Waals surface area contributed by atoms with Gasteiger partial charge in [0.2, 0.25) is 5.91 Å². The molecule has 0 saturated heterocycles. The lowest BCUT2D eigenvalue weighted by molar-refractivity contribution is -0.120. The predicted octanol–water partition coefficient (Wildman–Crippen LogP) is 3.98. The van der Waals surface area contributed by atoms with Crippen molar-refractivity contribution >= 4 is 51.8 Å². The molecular weight excluding hydrogens is 331 g/mol. The molecule has 1 N–H and O–H groups in total. The van der Waals surface area contributed by atoms with Gasteiger partial charge in [-0.2, -0.15) is 0 Å². The number of hydrogen-bond donors (Lipinski definition) is 1. The molecule has 7 heteroatoms. The Labute approximate surface area is 138 Å². The molecule has 2 amide bonds. The van der Waals surface area contributed by atoms with Crippen molar-refractivity contribution in [3.63, 3.8) is 0 Å². The third-order valence-electron chi connectivity index (χ3n) is 3.46. The highest BCUT2D eigenvalue weighted by molar-refractivity contribution is 8.13. The zero-order valence-corrected chi connectivity index (χ0v) is 14.3. The third-order valence-corrected chi connectivity index (χ3v) is 5.67. The summed E-state index contributed by atoms with van der Waals surface area (Å²) in [6.07, 6.45) is 0.418. The van der Waals surface area contributed by atoms with Gasteiger partial charge < -0.3 is 10.2 Å². The van der Waals surface area contributed by atoms with Gasteiger partial charge in [-0.25, -0.2) is 0 Å². The average molecular weight is 347 g/mol. The number of nitrogens with one attached hydrogen (secondary N) is 1. The molecule has 0 bridgehead atoms. The van der Waals surface area contributed by atoms with Crippen LogP contribution >= 0.6 is 35.0 Å². The monoisotopic (exact) mass is 346 g/mol. The van der Waals surface area contributed by atoms with Crippen LogP contribution in [0, 0.1) is 5.41 Å². The number of carbonyl (C=O) groups excluding carboxylic acids is 2. The fraction of sp³-hybridized carbons (Fsp3) is 0.429. The summed E-state index contributed by atoms with van der Waals surface area (Å²) in [5, 5.41) is 2.70. The second-order valence-electron chi connectivity index (χ2n) is 5.43. The molecule has 0 heterocycles. The number of rotatable bonds is 3. The fourth-order valence-electron chi connectivity index (χ4n) is 1.75. The highest BCUT2D eigenvalue weighted by atomic mass is 35.5. The normalized spacial score (nSPS) is 22.5. The van der Waals surface area contributed by atoms with E-state index in [1.165, 1.54) is 4.90 Å². The quantitative estimate of drug-likeness (QED) is 0.665. The van der Waals surface area contributed by atoms with Gasteiger partial charge >= 0.3 is 0 Å². The van der Waals surface area contributed by atoms with E-state index in [1.54, 1.807) is 39.2 Å². The number of para-hydroxylation sites is 1. The first-order valence-electron chi connectivity index (χ1n) is 6.35. The first-order valence-corrected chi connectivity index (χ1v) is 7.92. The van der Waals surface area contributed by atoms with E-state index in [2.05, 4.69) is 5.32 Å². The summed E-state index contributed by atoms with van der Waals surface area (Å²) in [5.41, 5.74) is -0.209. The highest BCUT2D eigenvalue weighted by Gasteiger charge is 2.67. The van der Waals surface area contributed by atoms with Crippen LogP contribution in [0.1, 0.15) is 13.3 Å². The van der Waals surface area contributed by atoms with Crippen molar-refractivity contribution in [1.82, 2.24) is 4.90 Å². The Morgan fingerprint density at radius 3 is 2.38 bits per heavy atom. The number of halogens is 2. The van der Waals surface area contributed by atoms with E-state index in [-0.39, 0.29) is 11.1 Å². The van der Waals surface area contributed by atoms with Crippen LogP contribution in [0.5, 0.6) is 0 Å². The molecule has 1 fully saturated rings. The molecule has 0 radical (unpaired) electrons. The van der Waals surface area contributed by atoms with Gasteiger partial charge in [0.1, 0.15) is 4.33 Å². The summed E-state index contributed by atoms with van der Waals surface area (Å²) in [6, 6.07) is 7.14. The summed E-state index contributed by atoms with van der Waals surface area (Å²) in [4.78, 5) is 26.3. The average Bonchev–Trinajstić information content (AvgIpc) is 2.92. The van der Waals surface area contributed by atoms with E-state index in [4.69, 9.17) is 23.2 Å². The van der Waals surface area contributed by atoms with Crippen molar-refractivity contribution < 1.29 is 9.59 Å². The number of amides is 2. The number of alkyl halides is 2. The van der Waals surface area contributed by atoms with Crippen molar-refractivity contribution in [3.8, 4) is 0 Å². The number of anilines is 1. The van der Waals surface area contributed by atoms with Crippen molar-refractivity contribution in [2.75, 3.05) is 19.4 Å². The molecule has 1 saturated carbocycles. The van der Waals surface area contributed by atoms with Crippen LogP contribution < -0.4 is 5.32 Å². The molecule has 1 aromatic rings. The van der Waals surface area contributed by atoms with E-state index in [0.29, 0.717) is 17.0 Å². The van der Waals surface area contributed by atoms with Gasteiger partial charge in [0.25, 0.3) is 5.24 Å². The summed E-state index contributed by atoms with van der Waals surface area (Å²) >= 11 is 13.1. The minimum absolute atomic E-state index is 0.113. The van der Waals surface area contributed by atoms with Crippen LogP contribution in [0.15, 0.2) is 29.2 Å². The van der Waals surface area contributed by atoms with Crippen LogP contribution in [0.25, 0.3) is 0 Å². The van der Waals surface area contributed by atoms with Crippen LogP contribution in [-0.4, -0.2) is 34.5 Å². The molecule has 1 aliphatic rings. The topological polar surface area (TPSA) is 49.4 Å². The lowest BCUT2D eigenvalue weighted by Gasteiger charge is -2.16. The van der Waals surface area contributed by atoms with Crippen molar-refractivity contribution in [2.24, 2.45) is 5.41 Å². The van der Waals surface area contributed by atoms with Gasteiger partial charge in [-0.15, -0.1) is 23.2 Å². The Morgan fingerprint density at radius 2 is 1.86 bits per heavy atom. The second-order valence-corrected chi connectivity index (χ2v) is 7.90. The Balaban J connectivity index is 2.14. The molecule has 0 aromatic heterocycles. The zero-order valence-electron chi connectivity index (χ0n) is 11.9. The smallest absolute Gasteiger partial charge is 0.286 e. The third kappa shape index (κ3) is 3.30. The predicted molar refractivity (Wildman–Crippen MR) is 87.2 cm³/mol. The molecule has 114 valence electrons. The highest BCUT2D eigenvalue weighted by Crippen LogP contribution is 2.64. The van der Waals surface area contributed by atoms with Crippen LogP contribution in [-0.2, 0) is 4.79 Å². The van der Waals surface area contributed by atoms with E-state index < -0.39 is 9.75 Å². The SMILES string of the molecule is CN(C)C(=O)Sc1ccccc1NC(=O)[C@@]1(C)CC1(Cl)Cl. The molecule has 2 rings (SSSR count). The molecule has 4 nitrogen and oxygen atoms in total. The van der Waals surface area contributed by atoms with E-state index in [9.17, 15) is 9.59 Å². The van der Waals surface area contributed by atoms with Gasteiger partial charge in [-0.3, -0.25) is 9.59 Å². The summed E-state index contributed by atoms with van der Waals surface area (Å²) in [5.74, 6) is -0.238. The van der Waals surface area contributed by atoms with Gasteiger partial charge in [0.15, 0.2) is 0 Å². The Morgan fingerprint density at radius 1 is 1.29 bits per heavy atom. The number of benzene rings is 1. The summed E-state index contributed by atoms with van der Waals surface area (Å²) in [7, 11) is 3.36. The van der Waals surface area contributed by atoms with Gasteiger partial charge in [0, 0.05) is 19.0 Å². The van der Waals surface area contributed by atoms with E-state index in [0.717, 1.165) is 11.8 Å². The molecule has 21 heavy (non-hydrogen) atoms. The number of nitrogens with zero attached hydrogens (tertiary/aromatic N) is 1. The van der Waals surface area contributed by atoms with E-state index in [1.807, 2.05) is 6.07 Å². The molecule has 0 aliphatic heterocycles. The Bertz CT molecular complexity index is 592. The number of carbonyl (C=O) groups is 2. The lowest BCUT2D eigenvalue weighted by Crippen LogP contribution is -2.26. The van der Waals surface area contributed by atoms with Gasteiger partial charge in [0.05, 0.1) is 11.1 Å². The molecule has 1 atom stereocenters. The Hall–Kier alpha value is -0.910. The largest absolute Gasteiger partial charge is 0.339 e.